The molecular formula is C23H39IN4O2. The second-order valence-electron chi connectivity index (χ2n) is 7.74. The SMILES string of the molecule is CCCOC1(CN=C(NCC)NCCc2cccc(C(=O)NC)c2)CCCCC1.I. The third kappa shape index (κ3) is 8.79. The Kier molecular flexibility index (Phi) is 13.0. The molecule has 0 radical (unpaired) electrons. The van der Waals surface area contributed by atoms with Crippen LogP contribution in [0.2, 0.25) is 0 Å². The summed E-state index contributed by atoms with van der Waals surface area (Å²) < 4.78 is 6.27. The number of nitrogens with zero attached hydrogens (tertiary/aromatic N) is 1. The fraction of sp³-hybridized carbons (Fsp3) is 0.652. The molecule has 1 amide bonds. The summed E-state index contributed by atoms with van der Waals surface area (Å²) in [4.78, 5) is 16.7. The third-order valence-corrected chi connectivity index (χ3v) is 5.37. The van der Waals surface area contributed by atoms with E-state index in [1.54, 1.807) is 7.05 Å². The van der Waals surface area contributed by atoms with Crippen LogP contribution in [0.25, 0.3) is 0 Å². The Labute approximate surface area is 199 Å². The molecule has 0 atom stereocenters. The van der Waals surface area contributed by atoms with Gasteiger partial charge in [-0.15, -0.1) is 24.0 Å². The van der Waals surface area contributed by atoms with E-state index in [0.29, 0.717) is 12.1 Å². The van der Waals surface area contributed by atoms with Crippen LogP contribution in [0, 0.1) is 0 Å². The van der Waals surface area contributed by atoms with Crippen LogP contribution in [-0.2, 0) is 11.2 Å². The van der Waals surface area contributed by atoms with Crippen molar-refractivity contribution in [3.05, 3.63) is 35.4 Å². The summed E-state index contributed by atoms with van der Waals surface area (Å²) in [6, 6.07) is 7.76. The van der Waals surface area contributed by atoms with E-state index < -0.39 is 0 Å². The van der Waals surface area contributed by atoms with Gasteiger partial charge in [0.2, 0.25) is 0 Å². The minimum Gasteiger partial charge on any atom is -0.373 e. The number of hydrogen-bond acceptors (Lipinski definition) is 3. The van der Waals surface area contributed by atoms with Crippen molar-refractivity contribution >= 4 is 35.8 Å². The van der Waals surface area contributed by atoms with Gasteiger partial charge in [0.25, 0.3) is 5.91 Å². The Morgan fingerprint density at radius 3 is 2.60 bits per heavy atom. The van der Waals surface area contributed by atoms with E-state index in [9.17, 15) is 4.79 Å². The molecule has 3 N–H and O–H groups in total. The van der Waals surface area contributed by atoms with Gasteiger partial charge in [0, 0.05) is 32.3 Å². The normalized spacial score (nSPS) is 15.8. The summed E-state index contributed by atoms with van der Waals surface area (Å²) in [6.45, 7) is 7.32. The molecule has 1 aliphatic carbocycles. The third-order valence-electron chi connectivity index (χ3n) is 5.37. The molecule has 0 bridgehead atoms. The Morgan fingerprint density at radius 2 is 1.93 bits per heavy atom. The number of rotatable bonds is 10. The fourth-order valence-corrected chi connectivity index (χ4v) is 3.77. The van der Waals surface area contributed by atoms with Crippen LogP contribution in [0.4, 0.5) is 0 Å². The summed E-state index contributed by atoms with van der Waals surface area (Å²) in [5.41, 5.74) is 1.72. The molecule has 1 aromatic carbocycles. The minimum absolute atomic E-state index is 0. The predicted octanol–water partition coefficient (Wildman–Crippen LogP) is 3.89. The van der Waals surface area contributed by atoms with Gasteiger partial charge in [-0.25, -0.2) is 0 Å². The zero-order valence-corrected chi connectivity index (χ0v) is 21.1. The van der Waals surface area contributed by atoms with Crippen LogP contribution in [-0.4, -0.2) is 50.8 Å². The van der Waals surface area contributed by atoms with E-state index in [2.05, 4.69) is 29.8 Å². The summed E-state index contributed by atoms with van der Waals surface area (Å²) in [6.07, 6.45) is 7.82. The topological polar surface area (TPSA) is 74.8 Å². The number of ether oxygens (including phenoxy) is 1. The van der Waals surface area contributed by atoms with Gasteiger partial charge < -0.3 is 20.7 Å². The number of hydrogen-bond donors (Lipinski definition) is 3. The van der Waals surface area contributed by atoms with Crippen molar-refractivity contribution in [1.82, 2.24) is 16.0 Å². The second kappa shape index (κ2) is 14.6. The molecule has 0 saturated heterocycles. The maximum absolute atomic E-state index is 11.8. The first-order valence-corrected chi connectivity index (χ1v) is 11.1. The monoisotopic (exact) mass is 530 g/mol. The van der Waals surface area contributed by atoms with Crippen molar-refractivity contribution in [3.8, 4) is 0 Å². The largest absolute Gasteiger partial charge is 0.373 e. The molecule has 30 heavy (non-hydrogen) atoms. The lowest BCUT2D eigenvalue weighted by Crippen LogP contribution is -2.43. The number of halogens is 1. The number of aliphatic imine (C=N–C) groups is 1. The molecule has 1 aromatic rings. The van der Waals surface area contributed by atoms with Crippen LogP contribution in [0.15, 0.2) is 29.3 Å². The Morgan fingerprint density at radius 1 is 1.17 bits per heavy atom. The van der Waals surface area contributed by atoms with Crippen LogP contribution >= 0.6 is 24.0 Å². The van der Waals surface area contributed by atoms with E-state index in [1.165, 1.54) is 19.3 Å². The number of amides is 1. The van der Waals surface area contributed by atoms with Crippen LogP contribution in [0.3, 0.4) is 0 Å². The maximum atomic E-state index is 11.8. The van der Waals surface area contributed by atoms with Gasteiger partial charge in [-0.2, -0.15) is 0 Å². The van der Waals surface area contributed by atoms with Crippen molar-refractivity contribution in [3.63, 3.8) is 0 Å². The predicted molar refractivity (Wildman–Crippen MR) is 135 cm³/mol. The number of guanidine groups is 1. The highest BCUT2D eigenvalue weighted by Crippen LogP contribution is 2.32. The summed E-state index contributed by atoms with van der Waals surface area (Å²) >= 11 is 0. The molecule has 0 aliphatic heterocycles. The first-order valence-electron chi connectivity index (χ1n) is 11.1. The van der Waals surface area contributed by atoms with E-state index in [-0.39, 0.29) is 35.5 Å². The lowest BCUT2D eigenvalue weighted by Gasteiger charge is -2.36. The average molecular weight is 530 g/mol. The van der Waals surface area contributed by atoms with Crippen molar-refractivity contribution in [2.45, 2.75) is 64.4 Å². The van der Waals surface area contributed by atoms with Gasteiger partial charge in [0.05, 0.1) is 12.1 Å². The van der Waals surface area contributed by atoms with E-state index in [1.807, 2.05) is 24.3 Å². The molecule has 2 rings (SSSR count). The molecule has 1 fully saturated rings. The molecule has 1 aliphatic rings. The molecule has 0 unspecified atom stereocenters. The van der Waals surface area contributed by atoms with Crippen molar-refractivity contribution in [1.29, 1.82) is 0 Å². The number of benzene rings is 1. The highest BCUT2D eigenvalue weighted by atomic mass is 127. The Bertz CT molecular complexity index is 660. The van der Waals surface area contributed by atoms with Gasteiger partial charge in [-0.05, 0) is 50.3 Å². The average Bonchev–Trinajstić information content (AvgIpc) is 2.76. The Hall–Kier alpha value is -1.35. The fourth-order valence-electron chi connectivity index (χ4n) is 3.77. The first-order chi connectivity index (χ1) is 14.1. The number of carbonyl (C=O) groups excluding carboxylic acids is 1. The summed E-state index contributed by atoms with van der Waals surface area (Å²) in [5.74, 6) is 0.777. The molecular weight excluding hydrogens is 491 g/mol. The first kappa shape index (κ1) is 26.7. The van der Waals surface area contributed by atoms with Gasteiger partial charge in [-0.1, -0.05) is 38.3 Å². The lowest BCUT2D eigenvalue weighted by atomic mass is 9.84. The molecule has 7 heteroatoms. The summed E-state index contributed by atoms with van der Waals surface area (Å²) in [5, 5.41) is 9.44. The van der Waals surface area contributed by atoms with E-state index in [4.69, 9.17) is 9.73 Å². The quantitative estimate of drug-likeness (QED) is 0.244. The van der Waals surface area contributed by atoms with Gasteiger partial charge in [-0.3, -0.25) is 9.79 Å². The van der Waals surface area contributed by atoms with Crippen LogP contribution < -0.4 is 16.0 Å². The standard InChI is InChI=1S/C23H38N4O2.HI/c1-4-16-29-23(13-7-6-8-14-23)18-27-22(25-5-2)26-15-12-19-10-9-11-20(17-19)21(28)24-3;/h9-11,17H,4-8,12-16,18H2,1-3H3,(H,24,28)(H2,25,26,27);1H. The van der Waals surface area contributed by atoms with Crippen LogP contribution in [0.1, 0.15) is 68.3 Å². The van der Waals surface area contributed by atoms with Gasteiger partial charge in [0.15, 0.2) is 5.96 Å². The minimum atomic E-state index is -0.0988. The van der Waals surface area contributed by atoms with E-state index >= 15 is 0 Å². The van der Waals surface area contributed by atoms with Gasteiger partial charge >= 0.3 is 0 Å². The second-order valence-corrected chi connectivity index (χ2v) is 7.74. The smallest absolute Gasteiger partial charge is 0.251 e. The van der Waals surface area contributed by atoms with E-state index in [0.717, 1.165) is 56.9 Å². The van der Waals surface area contributed by atoms with Crippen molar-refractivity contribution in [2.75, 3.05) is 33.3 Å². The zero-order chi connectivity index (χ0) is 21.0. The molecule has 6 nitrogen and oxygen atoms in total. The highest BCUT2D eigenvalue weighted by Gasteiger charge is 2.32. The number of carbonyl (C=O) groups is 1. The molecule has 0 heterocycles. The molecule has 0 spiro atoms. The lowest BCUT2D eigenvalue weighted by molar-refractivity contribution is -0.0624. The molecule has 0 aromatic heterocycles. The Balaban J connectivity index is 0.00000450. The molecule has 170 valence electrons. The van der Waals surface area contributed by atoms with Crippen molar-refractivity contribution in [2.24, 2.45) is 4.99 Å². The summed E-state index contributed by atoms with van der Waals surface area (Å²) in [7, 11) is 1.65. The maximum Gasteiger partial charge on any atom is 0.251 e. The zero-order valence-electron chi connectivity index (χ0n) is 18.8. The van der Waals surface area contributed by atoms with Crippen LogP contribution in [0.5, 0.6) is 0 Å². The highest BCUT2D eigenvalue weighted by molar-refractivity contribution is 14.0. The van der Waals surface area contributed by atoms with Gasteiger partial charge in [0.1, 0.15) is 0 Å². The molecule has 1 saturated carbocycles. The number of nitrogens with one attached hydrogen (secondary N) is 3. The van der Waals surface area contributed by atoms with Crippen molar-refractivity contribution < 1.29 is 9.53 Å².